The summed E-state index contributed by atoms with van der Waals surface area (Å²) < 4.78 is 0. The van der Waals surface area contributed by atoms with E-state index >= 15 is 0 Å². The van der Waals surface area contributed by atoms with Crippen LogP contribution in [0.1, 0.15) is 54.0 Å². The van der Waals surface area contributed by atoms with Gasteiger partial charge in [-0.1, -0.05) is 29.3 Å². The first-order valence-corrected chi connectivity index (χ1v) is 10.3. The summed E-state index contributed by atoms with van der Waals surface area (Å²) in [6, 6.07) is 7.91. The molecule has 1 amide bonds. The number of nitrogens with zero attached hydrogens (tertiary/aromatic N) is 3. The highest BCUT2D eigenvalue weighted by Gasteiger charge is 2.46. The van der Waals surface area contributed by atoms with E-state index in [-0.39, 0.29) is 11.4 Å². The van der Waals surface area contributed by atoms with Gasteiger partial charge in [-0.3, -0.25) is 9.69 Å². The molecule has 2 aliphatic heterocycles. The van der Waals surface area contributed by atoms with Crippen molar-refractivity contribution in [1.29, 1.82) is 0 Å². The molecule has 5 nitrogen and oxygen atoms in total. The number of imidazole rings is 1. The number of nitrogens with one attached hydrogen (secondary N) is 1. The van der Waals surface area contributed by atoms with Gasteiger partial charge in [-0.25, -0.2) is 4.98 Å². The monoisotopic (exact) mass is 378 g/mol. The van der Waals surface area contributed by atoms with E-state index in [0.29, 0.717) is 0 Å². The molecule has 1 N–H and O–H groups in total. The van der Waals surface area contributed by atoms with Gasteiger partial charge in [-0.15, -0.1) is 0 Å². The number of fused-ring (bicyclic) bond motifs is 2. The number of amides is 1. The molecule has 4 rings (SSSR count). The Hall–Kier alpha value is -2.40. The van der Waals surface area contributed by atoms with E-state index < -0.39 is 0 Å². The number of aryl methyl sites for hydroxylation is 1. The normalized spacial score (nSPS) is 18.8. The van der Waals surface area contributed by atoms with E-state index in [0.717, 1.165) is 56.6 Å². The molecule has 0 radical (unpaired) electrons. The molecule has 1 spiro atoms. The summed E-state index contributed by atoms with van der Waals surface area (Å²) >= 11 is 0. The standard InChI is InChI=1S/C23H30N4O/c1-17(2)7-11-27-12-8-20-21(25-16-24-20)23(27)9-13-26(14-10-23)22(28)19-6-4-5-18(3)15-19/h4-7,15-16H,8-14H2,1-3H3,(H,24,25). The van der Waals surface area contributed by atoms with E-state index in [1.807, 2.05) is 42.4 Å². The largest absolute Gasteiger partial charge is 0.348 e. The molecule has 0 atom stereocenters. The number of carbonyl (C=O) groups excluding carboxylic acids is 1. The number of hydrogen-bond acceptors (Lipinski definition) is 3. The summed E-state index contributed by atoms with van der Waals surface area (Å²) in [5.74, 6) is 0.146. The van der Waals surface area contributed by atoms with Crippen molar-refractivity contribution in [3.8, 4) is 0 Å². The minimum Gasteiger partial charge on any atom is -0.348 e. The zero-order valence-corrected chi connectivity index (χ0v) is 17.2. The summed E-state index contributed by atoms with van der Waals surface area (Å²) in [6.45, 7) is 9.85. The van der Waals surface area contributed by atoms with Crippen LogP contribution in [0.15, 0.2) is 42.2 Å². The number of benzene rings is 1. The van der Waals surface area contributed by atoms with Gasteiger partial charge < -0.3 is 9.88 Å². The van der Waals surface area contributed by atoms with Gasteiger partial charge in [-0.05, 0) is 45.7 Å². The molecule has 3 heterocycles. The number of aromatic amines is 1. The van der Waals surface area contributed by atoms with Crippen molar-refractivity contribution in [3.63, 3.8) is 0 Å². The smallest absolute Gasteiger partial charge is 0.253 e. The molecule has 1 fully saturated rings. The lowest BCUT2D eigenvalue weighted by atomic mass is 9.78. The molecule has 2 aromatic rings. The highest BCUT2D eigenvalue weighted by Crippen LogP contribution is 2.42. The Morgan fingerprint density at radius 2 is 2.04 bits per heavy atom. The highest BCUT2D eigenvalue weighted by atomic mass is 16.2. The lowest BCUT2D eigenvalue weighted by molar-refractivity contribution is 0.0139. The van der Waals surface area contributed by atoms with Gasteiger partial charge in [0.15, 0.2) is 0 Å². The third-order valence-corrected chi connectivity index (χ3v) is 6.26. The van der Waals surface area contributed by atoms with Crippen LogP contribution in [0.5, 0.6) is 0 Å². The molecule has 28 heavy (non-hydrogen) atoms. The third-order valence-electron chi connectivity index (χ3n) is 6.26. The number of H-pyrrole nitrogens is 1. The van der Waals surface area contributed by atoms with Crippen molar-refractivity contribution in [1.82, 2.24) is 19.8 Å². The van der Waals surface area contributed by atoms with E-state index in [4.69, 9.17) is 4.98 Å². The van der Waals surface area contributed by atoms with Crippen molar-refractivity contribution in [2.45, 2.75) is 45.6 Å². The predicted octanol–water partition coefficient (Wildman–Crippen LogP) is 3.67. The third kappa shape index (κ3) is 3.39. The van der Waals surface area contributed by atoms with Gasteiger partial charge in [0.2, 0.25) is 0 Å². The van der Waals surface area contributed by atoms with Gasteiger partial charge in [0, 0.05) is 43.9 Å². The molecule has 2 aliphatic rings. The maximum atomic E-state index is 13.0. The molecule has 0 bridgehead atoms. The fourth-order valence-corrected chi connectivity index (χ4v) is 4.68. The van der Waals surface area contributed by atoms with Crippen LogP contribution in [0.3, 0.4) is 0 Å². The number of aromatic nitrogens is 2. The first kappa shape index (κ1) is 18.9. The zero-order valence-electron chi connectivity index (χ0n) is 17.2. The van der Waals surface area contributed by atoms with Crippen molar-refractivity contribution in [3.05, 3.63) is 64.8 Å². The average Bonchev–Trinajstić information content (AvgIpc) is 3.17. The van der Waals surface area contributed by atoms with Crippen LogP contribution in [-0.4, -0.2) is 51.9 Å². The average molecular weight is 379 g/mol. The van der Waals surface area contributed by atoms with E-state index in [1.54, 1.807) is 0 Å². The van der Waals surface area contributed by atoms with Gasteiger partial charge in [0.05, 0.1) is 17.6 Å². The maximum Gasteiger partial charge on any atom is 0.253 e. The first-order valence-electron chi connectivity index (χ1n) is 10.3. The van der Waals surface area contributed by atoms with E-state index in [9.17, 15) is 4.79 Å². The van der Waals surface area contributed by atoms with Crippen molar-refractivity contribution >= 4 is 5.91 Å². The van der Waals surface area contributed by atoms with Crippen molar-refractivity contribution < 1.29 is 4.79 Å². The topological polar surface area (TPSA) is 52.2 Å². The van der Waals surface area contributed by atoms with Gasteiger partial charge >= 0.3 is 0 Å². The molecule has 1 aromatic carbocycles. The number of allylic oxidation sites excluding steroid dienone is 1. The van der Waals surface area contributed by atoms with Crippen molar-refractivity contribution in [2.75, 3.05) is 26.2 Å². The Morgan fingerprint density at radius 3 is 2.75 bits per heavy atom. The highest BCUT2D eigenvalue weighted by molar-refractivity contribution is 5.94. The van der Waals surface area contributed by atoms with Gasteiger partial charge in [0.25, 0.3) is 5.91 Å². The summed E-state index contributed by atoms with van der Waals surface area (Å²) in [5, 5.41) is 0. The summed E-state index contributed by atoms with van der Waals surface area (Å²) in [4.78, 5) is 25.7. The molecule has 0 aliphatic carbocycles. The first-order chi connectivity index (χ1) is 13.5. The maximum absolute atomic E-state index is 13.0. The minimum atomic E-state index is -0.0665. The lowest BCUT2D eigenvalue weighted by Crippen LogP contribution is -2.57. The molecular formula is C23H30N4O. The Kier molecular flexibility index (Phi) is 5.11. The second-order valence-electron chi connectivity index (χ2n) is 8.40. The van der Waals surface area contributed by atoms with E-state index in [2.05, 4.69) is 29.8 Å². The van der Waals surface area contributed by atoms with Crippen LogP contribution in [-0.2, 0) is 12.0 Å². The van der Waals surface area contributed by atoms with E-state index in [1.165, 1.54) is 17.0 Å². The molecule has 5 heteroatoms. The number of likely N-dealkylation sites (tertiary alicyclic amines) is 1. The Morgan fingerprint density at radius 1 is 1.25 bits per heavy atom. The van der Waals surface area contributed by atoms with Crippen LogP contribution in [0.4, 0.5) is 0 Å². The number of piperidine rings is 1. The molecular weight excluding hydrogens is 348 g/mol. The van der Waals surface area contributed by atoms with Crippen molar-refractivity contribution in [2.24, 2.45) is 0 Å². The predicted molar refractivity (Wildman–Crippen MR) is 111 cm³/mol. The summed E-state index contributed by atoms with van der Waals surface area (Å²) in [5.41, 5.74) is 5.66. The number of hydrogen-bond donors (Lipinski definition) is 1. The zero-order chi connectivity index (χ0) is 19.7. The SMILES string of the molecule is CC(C)=CCN1CCc2[nH]cnc2C12CCN(C(=O)c1cccc(C)c1)CC2. The Balaban J connectivity index is 1.56. The quantitative estimate of drug-likeness (QED) is 0.829. The lowest BCUT2D eigenvalue weighted by Gasteiger charge is -2.50. The van der Waals surface area contributed by atoms with Crippen LogP contribution >= 0.6 is 0 Å². The molecule has 0 unspecified atom stereocenters. The van der Waals surface area contributed by atoms with Gasteiger partial charge in [0.1, 0.15) is 0 Å². The van der Waals surface area contributed by atoms with Crippen LogP contribution in [0, 0.1) is 6.92 Å². The van der Waals surface area contributed by atoms with Crippen LogP contribution in [0.2, 0.25) is 0 Å². The number of carbonyl (C=O) groups is 1. The molecule has 1 aromatic heterocycles. The van der Waals surface area contributed by atoms with Crippen LogP contribution < -0.4 is 0 Å². The fourth-order valence-electron chi connectivity index (χ4n) is 4.68. The molecule has 148 valence electrons. The second-order valence-corrected chi connectivity index (χ2v) is 8.40. The Labute approximate surface area is 167 Å². The second kappa shape index (κ2) is 7.55. The summed E-state index contributed by atoms with van der Waals surface area (Å²) in [6.07, 6.45) is 7.02. The van der Waals surface area contributed by atoms with Crippen LogP contribution in [0.25, 0.3) is 0 Å². The molecule has 0 saturated carbocycles. The summed E-state index contributed by atoms with van der Waals surface area (Å²) in [7, 11) is 0. The minimum absolute atomic E-state index is 0.0665. The Bertz CT molecular complexity index is 886. The number of rotatable bonds is 3. The molecule has 1 saturated heterocycles. The van der Waals surface area contributed by atoms with Gasteiger partial charge in [-0.2, -0.15) is 0 Å². The fraction of sp³-hybridized carbons (Fsp3) is 0.478.